The van der Waals surface area contributed by atoms with Gasteiger partial charge in [-0.05, 0) is 39.5 Å². The minimum atomic E-state index is -3.92. The highest BCUT2D eigenvalue weighted by Gasteiger charge is 2.30. The molecule has 2 N–H and O–H groups in total. The molecular formula is C9H19O5P. The first-order chi connectivity index (χ1) is 6.89. The molecular weight excluding hydrogens is 219 g/mol. The molecule has 0 amide bonds. The van der Waals surface area contributed by atoms with Gasteiger partial charge in [-0.1, -0.05) is 0 Å². The van der Waals surface area contributed by atoms with Crippen molar-refractivity contribution in [3.8, 4) is 0 Å². The lowest BCUT2D eigenvalue weighted by atomic mass is 9.95. The number of hydrogen-bond acceptors (Lipinski definition) is 4. The van der Waals surface area contributed by atoms with Gasteiger partial charge in [0, 0.05) is 0 Å². The van der Waals surface area contributed by atoms with Crippen LogP contribution in [0.15, 0.2) is 0 Å². The molecule has 0 radical (unpaired) electrons. The van der Waals surface area contributed by atoms with Crippen LogP contribution in [0.4, 0.5) is 0 Å². The number of aliphatic hydroxyl groups is 1. The smallest absolute Gasteiger partial charge is 0.393 e. The molecule has 1 fully saturated rings. The van der Waals surface area contributed by atoms with E-state index in [-0.39, 0.29) is 18.3 Å². The van der Waals surface area contributed by atoms with E-state index in [4.69, 9.17) is 9.05 Å². The minimum Gasteiger partial charge on any atom is -0.393 e. The molecule has 0 aliphatic heterocycles. The van der Waals surface area contributed by atoms with Crippen molar-refractivity contribution in [2.24, 2.45) is 0 Å². The molecule has 1 unspecified atom stereocenters. The van der Waals surface area contributed by atoms with Gasteiger partial charge in [-0.25, -0.2) is 4.57 Å². The van der Waals surface area contributed by atoms with E-state index in [9.17, 15) is 14.6 Å². The third kappa shape index (κ3) is 5.09. The van der Waals surface area contributed by atoms with Gasteiger partial charge in [0.2, 0.25) is 0 Å². The summed E-state index contributed by atoms with van der Waals surface area (Å²) in [5.41, 5.74) is 0. The van der Waals surface area contributed by atoms with E-state index >= 15 is 0 Å². The second-order valence-corrected chi connectivity index (χ2v) is 5.52. The fraction of sp³-hybridized carbons (Fsp3) is 1.00. The first-order valence-electron chi connectivity index (χ1n) is 5.27. The van der Waals surface area contributed by atoms with Crippen LogP contribution in [-0.4, -0.2) is 28.3 Å². The summed E-state index contributed by atoms with van der Waals surface area (Å²) in [6.45, 7) is 3.35. The van der Waals surface area contributed by atoms with Crippen LogP contribution >= 0.6 is 7.82 Å². The van der Waals surface area contributed by atoms with Crippen LogP contribution in [0.25, 0.3) is 0 Å². The fourth-order valence-electron chi connectivity index (χ4n) is 1.63. The van der Waals surface area contributed by atoms with Gasteiger partial charge in [0.1, 0.15) is 0 Å². The Kier molecular flexibility index (Phi) is 4.74. The normalized spacial score (nSPS) is 31.5. The lowest BCUT2D eigenvalue weighted by Gasteiger charge is -2.27. The molecule has 6 heteroatoms. The maximum Gasteiger partial charge on any atom is 0.472 e. The summed E-state index contributed by atoms with van der Waals surface area (Å²) in [6, 6.07) is 0. The van der Waals surface area contributed by atoms with Crippen molar-refractivity contribution in [3.63, 3.8) is 0 Å². The molecule has 0 heterocycles. The van der Waals surface area contributed by atoms with Gasteiger partial charge < -0.3 is 10.00 Å². The third-order valence-electron chi connectivity index (χ3n) is 2.27. The van der Waals surface area contributed by atoms with Gasteiger partial charge in [0.25, 0.3) is 0 Å². The van der Waals surface area contributed by atoms with Gasteiger partial charge in [-0.3, -0.25) is 9.05 Å². The number of phosphoric ester groups is 1. The van der Waals surface area contributed by atoms with Crippen LogP contribution in [0.1, 0.15) is 39.5 Å². The number of phosphoric acid groups is 1. The van der Waals surface area contributed by atoms with E-state index < -0.39 is 7.82 Å². The van der Waals surface area contributed by atoms with Crippen molar-refractivity contribution in [3.05, 3.63) is 0 Å². The first kappa shape index (κ1) is 13.1. The Bertz CT molecular complexity index is 235. The van der Waals surface area contributed by atoms with Crippen molar-refractivity contribution < 1.29 is 23.6 Å². The van der Waals surface area contributed by atoms with E-state index in [2.05, 4.69) is 0 Å². The van der Waals surface area contributed by atoms with Crippen molar-refractivity contribution in [2.45, 2.75) is 57.8 Å². The minimum absolute atomic E-state index is 0.275. The fourth-order valence-corrected chi connectivity index (χ4v) is 2.80. The lowest BCUT2D eigenvalue weighted by Crippen LogP contribution is -2.24. The lowest BCUT2D eigenvalue weighted by molar-refractivity contribution is 0.0336. The Morgan fingerprint density at radius 1 is 1.27 bits per heavy atom. The Morgan fingerprint density at radius 3 is 2.27 bits per heavy atom. The molecule has 1 rings (SSSR count). The van der Waals surface area contributed by atoms with Crippen molar-refractivity contribution >= 4 is 7.82 Å². The molecule has 0 spiro atoms. The second kappa shape index (κ2) is 5.41. The number of rotatable bonds is 4. The van der Waals surface area contributed by atoms with Gasteiger partial charge in [0.05, 0.1) is 18.3 Å². The molecule has 15 heavy (non-hydrogen) atoms. The highest BCUT2D eigenvalue weighted by Crippen LogP contribution is 2.47. The zero-order valence-electron chi connectivity index (χ0n) is 9.13. The molecule has 90 valence electrons. The highest BCUT2D eigenvalue weighted by atomic mass is 31.2. The van der Waals surface area contributed by atoms with E-state index in [1.54, 1.807) is 13.8 Å². The van der Waals surface area contributed by atoms with E-state index in [1.807, 2.05) is 0 Å². The van der Waals surface area contributed by atoms with Crippen molar-refractivity contribution in [2.75, 3.05) is 0 Å². The van der Waals surface area contributed by atoms with E-state index in [0.717, 1.165) is 0 Å². The molecule has 1 aliphatic carbocycles. The van der Waals surface area contributed by atoms with Crippen LogP contribution in [0.3, 0.4) is 0 Å². The first-order valence-corrected chi connectivity index (χ1v) is 6.76. The van der Waals surface area contributed by atoms with Gasteiger partial charge in [-0.2, -0.15) is 0 Å². The summed E-state index contributed by atoms with van der Waals surface area (Å²) in [7, 11) is -3.92. The van der Waals surface area contributed by atoms with Crippen molar-refractivity contribution in [1.82, 2.24) is 0 Å². The molecule has 1 saturated carbocycles. The van der Waals surface area contributed by atoms with Crippen LogP contribution in [0.2, 0.25) is 0 Å². The molecule has 5 nitrogen and oxygen atoms in total. The van der Waals surface area contributed by atoms with E-state index in [1.165, 1.54) is 0 Å². The molecule has 1 atom stereocenters. The summed E-state index contributed by atoms with van der Waals surface area (Å²) in [4.78, 5) is 9.35. The SMILES string of the molecule is CC(C)OP(=O)(O)O[C@H]1CC[C@H](O)CC1. The largest absolute Gasteiger partial charge is 0.472 e. The standard InChI is InChI=1S/C9H19O5P/c1-7(2)13-15(11,12)14-9-5-3-8(10)4-6-9/h7-10H,3-6H2,1-2H3,(H,11,12)/t8-,9-. The Labute approximate surface area is 90.0 Å². The zero-order chi connectivity index (χ0) is 11.5. The quantitative estimate of drug-likeness (QED) is 0.731. The number of hydrogen-bond donors (Lipinski definition) is 2. The predicted octanol–water partition coefficient (Wildman–Crippen LogP) is 1.83. The Morgan fingerprint density at radius 2 is 1.80 bits per heavy atom. The molecule has 0 aromatic rings. The van der Waals surface area contributed by atoms with Crippen LogP contribution < -0.4 is 0 Å². The Balaban J connectivity index is 2.37. The second-order valence-electron chi connectivity index (χ2n) is 4.16. The van der Waals surface area contributed by atoms with Crippen LogP contribution in [0.5, 0.6) is 0 Å². The maximum absolute atomic E-state index is 11.4. The third-order valence-corrected chi connectivity index (χ3v) is 3.52. The van der Waals surface area contributed by atoms with Crippen LogP contribution in [0, 0.1) is 0 Å². The summed E-state index contributed by atoms with van der Waals surface area (Å²) >= 11 is 0. The summed E-state index contributed by atoms with van der Waals surface area (Å²) < 4.78 is 21.2. The van der Waals surface area contributed by atoms with Gasteiger partial charge in [0.15, 0.2) is 0 Å². The molecule has 0 bridgehead atoms. The molecule has 1 aliphatic rings. The van der Waals surface area contributed by atoms with E-state index in [0.29, 0.717) is 25.7 Å². The maximum atomic E-state index is 11.4. The Hall–Kier alpha value is 0.0700. The average Bonchev–Trinajstić information content (AvgIpc) is 2.06. The van der Waals surface area contributed by atoms with Gasteiger partial charge in [-0.15, -0.1) is 0 Å². The zero-order valence-corrected chi connectivity index (χ0v) is 10.0. The molecule has 0 aromatic carbocycles. The highest BCUT2D eigenvalue weighted by molar-refractivity contribution is 7.47. The molecule has 0 saturated heterocycles. The average molecular weight is 238 g/mol. The van der Waals surface area contributed by atoms with Crippen molar-refractivity contribution in [1.29, 1.82) is 0 Å². The summed E-state index contributed by atoms with van der Waals surface area (Å²) in [6.07, 6.45) is 1.53. The number of aliphatic hydroxyl groups excluding tert-OH is 1. The summed E-state index contributed by atoms with van der Waals surface area (Å²) in [5, 5.41) is 9.25. The van der Waals surface area contributed by atoms with Crippen LogP contribution in [-0.2, 0) is 13.6 Å². The summed E-state index contributed by atoms with van der Waals surface area (Å²) in [5.74, 6) is 0. The topological polar surface area (TPSA) is 76.0 Å². The predicted molar refractivity (Wildman–Crippen MR) is 55.4 cm³/mol. The molecule has 0 aromatic heterocycles. The monoisotopic (exact) mass is 238 g/mol. The van der Waals surface area contributed by atoms with Gasteiger partial charge >= 0.3 is 7.82 Å².